The lowest BCUT2D eigenvalue weighted by molar-refractivity contribution is 0.234. The number of nitrogens with zero attached hydrogens (tertiary/aromatic N) is 2. The van der Waals surface area contributed by atoms with Gasteiger partial charge in [0.1, 0.15) is 0 Å². The number of likely N-dealkylation sites (N-methyl/N-ethyl adjacent to an activating group) is 2. The van der Waals surface area contributed by atoms with Crippen LogP contribution in [0.1, 0.15) is 30.4 Å². The number of anilines is 1. The van der Waals surface area contributed by atoms with Crippen LogP contribution in [-0.4, -0.2) is 38.1 Å². The average molecular weight is 275 g/mol. The Morgan fingerprint density at radius 2 is 2.11 bits per heavy atom. The molecule has 2 aliphatic rings. The summed E-state index contributed by atoms with van der Waals surface area (Å²) in [5.41, 5.74) is 3.75. The maximum atomic E-state index is 6.28. The highest BCUT2D eigenvalue weighted by molar-refractivity contribution is 6.31. The van der Waals surface area contributed by atoms with Crippen molar-refractivity contribution >= 4 is 17.3 Å². The number of fused-ring (bicyclic) bond motifs is 3. The minimum atomic E-state index is 0.565. The van der Waals surface area contributed by atoms with Gasteiger partial charge < -0.3 is 9.80 Å². The quantitative estimate of drug-likeness (QED) is 0.671. The van der Waals surface area contributed by atoms with Crippen molar-refractivity contribution in [2.45, 2.75) is 25.3 Å². The van der Waals surface area contributed by atoms with Crippen LogP contribution < -0.4 is 4.90 Å². The molecule has 19 heavy (non-hydrogen) atoms. The van der Waals surface area contributed by atoms with Gasteiger partial charge in [-0.2, -0.15) is 0 Å². The predicted octanol–water partition coefficient (Wildman–Crippen LogP) is 2.95. The number of rotatable bonds is 0. The summed E-state index contributed by atoms with van der Waals surface area (Å²) in [5.74, 6) is 6.78. The molecule has 0 aliphatic carbocycles. The molecule has 0 spiro atoms. The number of hydrogen-bond acceptors (Lipinski definition) is 2. The topological polar surface area (TPSA) is 6.48 Å². The van der Waals surface area contributed by atoms with Crippen LogP contribution in [0.25, 0.3) is 0 Å². The van der Waals surface area contributed by atoms with Crippen molar-refractivity contribution in [2.24, 2.45) is 0 Å². The molecule has 1 fully saturated rings. The van der Waals surface area contributed by atoms with Gasteiger partial charge in [-0.15, -0.1) is 5.92 Å². The Morgan fingerprint density at radius 1 is 1.32 bits per heavy atom. The van der Waals surface area contributed by atoms with Gasteiger partial charge in [-0.3, -0.25) is 0 Å². The molecule has 0 N–H and O–H groups in total. The molecule has 0 radical (unpaired) electrons. The molecule has 0 bridgehead atoms. The summed E-state index contributed by atoms with van der Waals surface area (Å²) < 4.78 is 0. The van der Waals surface area contributed by atoms with E-state index in [0.717, 1.165) is 17.1 Å². The van der Waals surface area contributed by atoms with Gasteiger partial charge in [0.2, 0.25) is 0 Å². The zero-order valence-corrected chi connectivity index (χ0v) is 12.5. The number of hydrogen-bond donors (Lipinski definition) is 0. The second kappa shape index (κ2) is 4.74. The smallest absolute Gasteiger partial charge is 0.0563 e. The van der Waals surface area contributed by atoms with E-state index in [1.807, 2.05) is 13.0 Å². The Bertz CT molecular complexity index is 570. The molecule has 2 aliphatic heterocycles. The molecule has 2 heterocycles. The van der Waals surface area contributed by atoms with Crippen LogP contribution >= 0.6 is 11.6 Å². The molecular formula is C16H19ClN2. The largest absolute Gasteiger partial charge is 0.370 e. The number of halogens is 1. The molecule has 1 aromatic rings. The number of benzene rings is 1. The van der Waals surface area contributed by atoms with Gasteiger partial charge in [0.05, 0.1) is 5.69 Å². The standard InChI is InChI=1S/C16H19ClN2/c1-4-5-11-8-12(17)9-13-14-10-18(2)7-6-15(14)19(3)16(11)13/h8-9,14-15H,6-7,10H2,1-3H3. The molecule has 1 aromatic carbocycles. The molecule has 2 unspecified atom stereocenters. The third-order valence-electron chi connectivity index (χ3n) is 4.39. The third kappa shape index (κ3) is 2.02. The minimum Gasteiger partial charge on any atom is -0.370 e. The average Bonchev–Trinajstić information content (AvgIpc) is 2.63. The van der Waals surface area contributed by atoms with E-state index in [0.29, 0.717) is 12.0 Å². The molecule has 0 amide bonds. The maximum absolute atomic E-state index is 6.28. The molecule has 0 saturated carbocycles. The highest BCUT2D eigenvalue weighted by atomic mass is 35.5. The lowest BCUT2D eigenvalue weighted by Gasteiger charge is -2.35. The van der Waals surface area contributed by atoms with E-state index in [1.54, 1.807) is 0 Å². The van der Waals surface area contributed by atoms with E-state index < -0.39 is 0 Å². The Kier molecular flexibility index (Phi) is 3.20. The van der Waals surface area contributed by atoms with E-state index in [-0.39, 0.29) is 0 Å². The highest BCUT2D eigenvalue weighted by Crippen LogP contribution is 2.46. The summed E-state index contributed by atoms with van der Waals surface area (Å²) >= 11 is 6.28. The van der Waals surface area contributed by atoms with Crippen molar-refractivity contribution in [1.29, 1.82) is 0 Å². The first-order chi connectivity index (χ1) is 9.11. The zero-order chi connectivity index (χ0) is 13.6. The van der Waals surface area contributed by atoms with E-state index in [1.165, 1.54) is 24.2 Å². The Balaban J connectivity index is 2.14. The fourth-order valence-electron chi connectivity index (χ4n) is 3.56. The maximum Gasteiger partial charge on any atom is 0.0563 e. The van der Waals surface area contributed by atoms with Crippen molar-refractivity contribution in [2.75, 3.05) is 32.1 Å². The third-order valence-corrected chi connectivity index (χ3v) is 4.61. The van der Waals surface area contributed by atoms with Crippen molar-refractivity contribution in [1.82, 2.24) is 4.90 Å². The van der Waals surface area contributed by atoms with E-state index in [9.17, 15) is 0 Å². The highest BCUT2D eigenvalue weighted by Gasteiger charge is 2.40. The molecule has 3 rings (SSSR count). The monoisotopic (exact) mass is 274 g/mol. The fraction of sp³-hybridized carbons (Fsp3) is 0.500. The summed E-state index contributed by atoms with van der Waals surface area (Å²) in [6.45, 7) is 4.16. The SMILES string of the molecule is CC#Cc1cc(Cl)cc2c1N(C)C1CCN(C)CC21. The van der Waals surface area contributed by atoms with Crippen LogP contribution in [0.15, 0.2) is 12.1 Å². The Hall–Kier alpha value is -1.17. The first kappa shape index (κ1) is 12.8. The van der Waals surface area contributed by atoms with Crippen LogP contribution in [0.3, 0.4) is 0 Å². The van der Waals surface area contributed by atoms with E-state index in [4.69, 9.17) is 11.6 Å². The summed E-state index contributed by atoms with van der Waals surface area (Å²) in [5, 5.41) is 0.804. The number of piperidine rings is 1. The first-order valence-electron chi connectivity index (χ1n) is 6.79. The molecule has 3 heteroatoms. The van der Waals surface area contributed by atoms with Crippen molar-refractivity contribution in [3.8, 4) is 11.8 Å². The molecular weight excluding hydrogens is 256 g/mol. The fourth-order valence-corrected chi connectivity index (χ4v) is 3.79. The second-order valence-corrected chi connectivity index (χ2v) is 6.04. The van der Waals surface area contributed by atoms with Crippen molar-refractivity contribution in [3.63, 3.8) is 0 Å². The zero-order valence-electron chi connectivity index (χ0n) is 11.7. The van der Waals surface area contributed by atoms with Crippen LogP contribution in [0.2, 0.25) is 5.02 Å². The van der Waals surface area contributed by atoms with E-state index in [2.05, 4.69) is 41.8 Å². The molecule has 1 saturated heterocycles. The van der Waals surface area contributed by atoms with Crippen LogP contribution in [0, 0.1) is 11.8 Å². The summed E-state index contributed by atoms with van der Waals surface area (Å²) in [6.07, 6.45) is 1.21. The van der Waals surface area contributed by atoms with Gasteiger partial charge in [-0.05, 0) is 44.6 Å². The lowest BCUT2D eigenvalue weighted by atomic mass is 9.89. The predicted molar refractivity (Wildman–Crippen MR) is 81.1 cm³/mol. The normalized spacial score (nSPS) is 25.6. The molecule has 0 aromatic heterocycles. The Labute approximate surface area is 120 Å². The van der Waals surface area contributed by atoms with Crippen LogP contribution in [0.4, 0.5) is 5.69 Å². The summed E-state index contributed by atoms with van der Waals surface area (Å²) in [4.78, 5) is 4.83. The summed E-state index contributed by atoms with van der Waals surface area (Å²) in [6, 6.07) is 4.73. The van der Waals surface area contributed by atoms with Crippen LogP contribution in [-0.2, 0) is 0 Å². The van der Waals surface area contributed by atoms with Gasteiger partial charge in [0.15, 0.2) is 0 Å². The van der Waals surface area contributed by atoms with Crippen molar-refractivity contribution < 1.29 is 0 Å². The summed E-state index contributed by atoms with van der Waals surface area (Å²) in [7, 11) is 4.40. The van der Waals surface area contributed by atoms with Gasteiger partial charge in [0.25, 0.3) is 0 Å². The van der Waals surface area contributed by atoms with Crippen LogP contribution in [0.5, 0.6) is 0 Å². The molecule has 100 valence electrons. The number of likely N-dealkylation sites (tertiary alicyclic amines) is 1. The minimum absolute atomic E-state index is 0.565. The van der Waals surface area contributed by atoms with Gasteiger partial charge >= 0.3 is 0 Å². The van der Waals surface area contributed by atoms with Gasteiger partial charge in [-0.25, -0.2) is 0 Å². The van der Waals surface area contributed by atoms with Crippen molar-refractivity contribution in [3.05, 3.63) is 28.3 Å². The second-order valence-electron chi connectivity index (χ2n) is 5.60. The lowest BCUT2D eigenvalue weighted by Crippen LogP contribution is -2.43. The van der Waals surface area contributed by atoms with Gasteiger partial charge in [-0.1, -0.05) is 17.5 Å². The first-order valence-corrected chi connectivity index (χ1v) is 7.17. The molecule has 2 atom stereocenters. The molecule has 2 nitrogen and oxygen atoms in total. The van der Waals surface area contributed by atoms with E-state index >= 15 is 0 Å². The van der Waals surface area contributed by atoms with Gasteiger partial charge in [0, 0.05) is 36.1 Å². The Morgan fingerprint density at radius 3 is 2.84 bits per heavy atom.